The van der Waals surface area contributed by atoms with Gasteiger partial charge in [0.2, 0.25) is 0 Å². The SMILES string of the molecule is CCN(CCNC(=O)c1ccc(C)s1)C(=O)c1ccc(O)c(C)c1. The summed E-state index contributed by atoms with van der Waals surface area (Å²) in [5.74, 6) is -0.0491. The molecule has 0 aliphatic rings. The van der Waals surface area contributed by atoms with Crippen molar-refractivity contribution in [2.24, 2.45) is 0 Å². The van der Waals surface area contributed by atoms with Gasteiger partial charge in [-0.15, -0.1) is 11.3 Å². The smallest absolute Gasteiger partial charge is 0.261 e. The van der Waals surface area contributed by atoms with Gasteiger partial charge < -0.3 is 15.3 Å². The summed E-state index contributed by atoms with van der Waals surface area (Å²) in [5.41, 5.74) is 1.20. The fourth-order valence-corrected chi connectivity index (χ4v) is 3.11. The van der Waals surface area contributed by atoms with Crippen LogP contribution in [0.2, 0.25) is 0 Å². The second-order valence-corrected chi connectivity index (χ2v) is 6.84. The number of phenols is 1. The van der Waals surface area contributed by atoms with Crippen molar-refractivity contribution < 1.29 is 14.7 Å². The molecule has 0 spiro atoms. The Kier molecular flexibility index (Phi) is 5.98. The van der Waals surface area contributed by atoms with Crippen LogP contribution in [0, 0.1) is 13.8 Å². The molecule has 6 heteroatoms. The van der Waals surface area contributed by atoms with E-state index >= 15 is 0 Å². The fourth-order valence-electron chi connectivity index (χ4n) is 2.32. The van der Waals surface area contributed by atoms with Crippen molar-refractivity contribution >= 4 is 23.2 Å². The zero-order valence-corrected chi connectivity index (χ0v) is 14.9. The van der Waals surface area contributed by atoms with Crippen LogP contribution in [0.15, 0.2) is 30.3 Å². The highest BCUT2D eigenvalue weighted by molar-refractivity contribution is 7.13. The van der Waals surface area contributed by atoms with Crippen molar-refractivity contribution in [2.75, 3.05) is 19.6 Å². The van der Waals surface area contributed by atoms with E-state index in [-0.39, 0.29) is 17.6 Å². The minimum absolute atomic E-state index is 0.109. The van der Waals surface area contributed by atoms with Crippen LogP contribution in [-0.2, 0) is 0 Å². The van der Waals surface area contributed by atoms with Gasteiger partial charge in [-0.25, -0.2) is 0 Å². The van der Waals surface area contributed by atoms with Crippen LogP contribution in [0.1, 0.15) is 37.4 Å². The maximum absolute atomic E-state index is 12.5. The van der Waals surface area contributed by atoms with E-state index in [0.29, 0.717) is 35.6 Å². The summed E-state index contributed by atoms with van der Waals surface area (Å²) in [5, 5.41) is 12.4. The predicted octanol–water partition coefficient (Wildman–Crippen LogP) is 2.96. The largest absolute Gasteiger partial charge is 0.508 e. The molecule has 2 amide bonds. The molecular weight excluding hydrogens is 324 g/mol. The standard InChI is InChI=1S/C18H22N2O3S/c1-4-20(18(23)14-6-7-15(21)12(2)11-14)10-9-19-17(22)16-8-5-13(3)24-16/h5-8,11,21H,4,9-10H2,1-3H3,(H,19,22). The first-order chi connectivity index (χ1) is 11.4. The summed E-state index contributed by atoms with van der Waals surface area (Å²) in [6, 6.07) is 8.52. The van der Waals surface area contributed by atoms with Gasteiger partial charge in [0.25, 0.3) is 11.8 Å². The average Bonchev–Trinajstić information content (AvgIpc) is 3.00. The summed E-state index contributed by atoms with van der Waals surface area (Å²) in [4.78, 5) is 28.0. The molecule has 24 heavy (non-hydrogen) atoms. The maximum Gasteiger partial charge on any atom is 0.261 e. The van der Waals surface area contributed by atoms with Crippen molar-refractivity contribution in [3.05, 3.63) is 51.2 Å². The third-order valence-electron chi connectivity index (χ3n) is 3.74. The highest BCUT2D eigenvalue weighted by Gasteiger charge is 2.15. The number of hydrogen-bond acceptors (Lipinski definition) is 4. The number of carbonyl (C=O) groups is 2. The third-order valence-corrected chi connectivity index (χ3v) is 4.74. The molecule has 2 N–H and O–H groups in total. The Morgan fingerprint density at radius 2 is 1.96 bits per heavy atom. The van der Waals surface area contributed by atoms with Crippen molar-refractivity contribution in [2.45, 2.75) is 20.8 Å². The van der Waals surface area contributed by atoms with Crippen molar-refractivity contribution in [3.63, 3.8) is 0 Å². The highest BCUT2D eigenvalue weighted by Crippen LogP contribution is 2.18. The monoisotopic (exact) mass is 346 g/mol. The van der Waals surface area contributed by atoms with Gasteiger partial charge in [0.1, 0.15) is 5.75 Å². The maximum atomic E-state index is 12.5. The number of benzene rings is 1. The van der Waals surface area contributed by atoms with Gasteiger partial charge in [-0.2, -0.15) is 0 Å². The number of thiophene rings is 1. The second-order valence-electron chi connectivity index (χ2n) is 5.55. The zero-order valence-electron chi connectivity index (χ0n) is 14.1. The molecule has 0 saturated carbocycles. The van der Waals surface area contributed by atoms with Crippen LogP contribution in [0.3, 0.4) is 0 Å². The molecule has 0 saturated heterocycles. The summed E-state index contributed by atoms with van der Waals surface area (Å²) in [6.45, 7) is 6.99. The number of aryl methyl sites for hydroxylation is 2. The minimum atomic E-state index is -0.114. The van der Waals surface area contributed by atoms with Gasteiger partial charge in [-0.3, -0.25) is 9.59 Å². The van der Waals surface area contributed by atoms with E-state index in [1.165, 1.54) is 17.4 Å². The first kappa shape index (κ1) is 18.0. The van der Waals surface area contributed by atoms with Crippen LogP contribution >= 0.6 is 11.3 Å². The van der Waals surface area contributed by atoms with E-state index in [2.05, 4.69) is 5.32 Å². The van der Waals surface area contributed by atoms with Crippen molar-refractivity contribution in [1.82, 2.24) is 10.2 Å². The first-order valence-corrected chi connectivity index (χ1v) is 8.67. The molecule has 0 aliphatic heterocycles. The van der Waals surface area contributed by atoms with Crippen LogP contribution in [-0.4, -0.2) is 41.5 Å². The summed E-state index contributed by atoms with van der Waals surface area (Å²) in [6.07, 6.45) is 0. The predicted molar refractivity (Wildman–Crippen MR) is 95.8 cm³/mol. The number of carbonyl (C=O) groups excluding carboxylic acids is 2. The molecule has 5 nitrogen and oxygen atoms in total. The number of hydrogen-bond donors (Lipinski definition) is 2. The van der Waals surface area contributed by atoms with Crippen molar-refractivity contribution in [1.29, 1.82) is 0 Å². The summed E-state index contributed by atoms with van der Waals surface area (Å²) < 4.78 is 0. The fraction of sp³-hybridized carbons (Fsp3) is 0.333. The molecule has 0 unspecified atom stereocenters. The van der Waals surface area contributed by atoms with E-state index < -0.39 is 0 Å². The highest BCUT2D eigenvalue weighted by atomic mass is 32.1. The van der Waals surface area contributed by atoms with Crippen LogP contribution in [0.25, 0.3) is 0 Å². The number of rotatable bonds is 6. The number of nitrogens with one attached hydrogen (secondary N) is 1. The number of amides is 2. The van der Waals surface area contributed by atoms with Gasteiger partial charge in [-0.1, -0.05) is 0 Å². The normalized spacial score (nSPS) is 10.5. The molecule has 128 valence electrons. The number of aromatic hydroxyl groups is 1. The van der Waals surface area contributed by atoms with E-state index in [1.54, 1.807) is 30.0 Å². The molecule has 0 fully saturated rings. The van der Waals surface area contributed by atoms with E-state index in [0.717, 1.165) is 4.88 Å². The van der Waals surface area contributed by atoms with Gasteiger partial charge >= 0.3 is 0 Å². The molecule has 0 aliphatic carbocycles. The molecule has 0 radical (unpaired) electrons. The molecule has 0 atom stereocenters. The van der Waals surface area contributed by atoms with E-state index in [1.807, 2.05) is 19.9 Å². The van der Waals surface area contributed by atoms with Crippen LogP contribution in [0.4, 0.5) is 0 Å². The number of likely N-dealkylation sites (N-methyl/N-ethyl adjacent to an activating group) is 1. The first-order valence-electron chi connectivity index (χ1n) is 7.86. The van der Waals surface area contributed by atoms with E-state index in [4.69, 9.17) is 0 Å². The lowest BCUT2D eigenvalue weighted by Gasteiger charge is -2.21. The quantitative estimate of drug-likeness (QED) is 0.845. The Bertz CT molecular complexity index is 740. The molecule has 1 heterocycles. The van der Waals surface area contributed by atoms with Crippen LogP contribution in [0.5, 0.6) is 5.75 Å². The molecule has 2 rings (SSSR count). The number of phenolic OH excluding ortho intramolecular Hbond substituents is 1. The minimum Gasteiger partial charge on any atom is -0.508 e. The van der Waals surface area contributed by atoms with Gasteiger partial charge in [0.05, 0.1) is 4.88 Å². The average molecular weight is 346 g/mol. The Morgan fingerprint density at radius 3 is 2.54 bits per heavy atom. The topological polar surface area (TPSA) is 69.6 Å². The molecule has 1 aromatic carbocycles. The number of nitrogens with zero attached hydrogens (tertiary/aromatic N) is 1. The lowest BCUT2D eigenvalue weighted by atomic mass is 10.1. The van der Waals surface area contributed by atoms with Crippen molar-refractivity contribution in [3.8, 4) is 5.75 Å². The van der Waals surface area contributed by atoms with Gasteiger partial charge in [-0.05, 0) is 56.7 Å². The Morgan fingerprint density at radius 1 is 1.21 bits per heavy atom. The summed E-state index contributed by atoms with van der Waals surface area (Å²) >= 11 is 1.45. The van der Waals surface area contributed by atoms with E-state index in [9.17, 15) is 14.7 Å². The molecular formula is C18H22N2O3S. The van der Waals surface area contributed by atoms with Crippen LogP contribution < -0.4 is 5.32 Å². The Balaban J connectivity index is 1.92. The molecule has 0 bridgehead atoms. The second kappa shape index (κ2) is 7.97. The third kappa shape index (κ3) is 4.35. The lowest BCUT2D eigenvalue weighted by molar-refractivity contribution is 0.0757. The molecule has 1 aromatic heterocycles. The summed E-state index contributed by atoms with van der Waals surface area (Å²) in [7, 11) is 0. The lowest BCUT2D eigenvalue weighted by Crippen LogP contribution is -2.38. The molecule has 2 aromatic rings. The Labute approximate surface area is 145 Å². The van der Waals surface area contributed by atoms with Gasteiger partial charge in [0, 0.05) is 30.1 Å². The zero-order chi connectivity index (χ0) is 17.7. The Hall–Kier alpha value is -2.34. The van der Waals surface area contributed by atoms with Gasteiger partial charge in [0.15, 0.2) is 0 Å².